The molecule has 2 aromatic heterocycles. The fourth-order valence-electron chi connectivity index (χ4n) is 1.17. The smallest absolute Gasteiger partial charge is 0.255 e. The van der Waals surface area contributed by atoms with Crippen LogP contribution in [-0.4, -0.2) is 39.1 Å². The van der Waals surface area contributed by atoms with Crippen LogP contribution >= 0.6 is 11.6 Å². The molecule has 8 heteroatoms. The number of hydrogen-bond acceptors (Lipinski definition) is 5. The van der Waals surface area contributed by atoms with E-state index < -0.39 is 6.10 Å². The lowest BCUT2D eigenvalue weighted by Gasteiger charge is -2.08. The molecule has 1 amide bonds. The SMILES string of the molecule is COC(C)C(=O)Nc1nc(Cl)c2[nH]cnc2n1. The molecule has 7 nitrogen and oxygen atoms in total. The highest BCUT2D eigenvalue weighted by atomic mass is 35.5. The first-order chi connectivity index (χ1) is 8.11. The maximum absolute atomic E-state index is 11.5. The third kappa shape index (κ3) is 2.34. The first-order valence-electron chi connectivity index (χ1n) is 4.82. The molecule has 0 saturated heterocycles. The van der Waals surface area contributed by atoms with Crippen LogP contribution in [0.2, 0.25) is 5.15 Å². The number of imidazole rings is 1. The first kappa shape index (κ1) is 11.7. The maximum Gasteiger partial charge on any atom is 0.255 e. The van der Waals surface area contributed by atoms with Gasteiger partial charge in [-0.25, -0.2) is 4.98 Å². The second-order valence-corrected chi connectivity index (χ2v) is 3.66. The molecular weight excluding hydrogens is 246 g/mol. The fourth-order valence-corrected chi connectivity index (χ4v) is 1.39. The highest BCUT2D eigenvalue weighted by Crippen LogP contribution is 2.18. The van der Waals surface area contributed by atoms with Gasteiger partial charge in [-0.3, -0.25) is 10.1 Å². The van der Waals surface area contributed by atoms with Gasteiger partial charge in [0.25, 0.3) is 5.91 Å². The van der Waals surface area contributed by atoms with Gasteiger partial charge in [0.1, 0.15) is 11.6 Å². The summed E-state index contributed by atoms with van der Waals surface area (Å²) in [5, 5.41) is 2.69. The molecule has 90 valence electrons. The molecule has 0 radical (unpaired) electrons. The van der Waals surface area contributed by atoms with E-state index in [9.17, 15) is 4.79 Å². The zero-order chi connectivity index (χ0) is 12.4. The Kier molecular flexibility index (Phi) is 3.21. The standard InChI is InChI=1S/C9H10ClN5O2/c1-4(17-2)8(16)15-9-13-6(10)5-7(14-9)12-3-11-5/h3-4H,1-2H3,(H2,11,12,13,14,15,16). The highest BCUT2D eigenvalue weighted by Gasteiger charge is 2.15. The van der Waals surface area contributed by atoms with Gasteiger partial charge in [-0.05, 0) is 6.92 Å². The van der Waals surface area contributed by atoms with Crippen molar-refractivity contribution < 1.29 is 9.53 Å². The van der Waals surface area contributed by atoms with Crippen molar-refractivity contribution in [1.29, 1.82) is 0 Å². The Morgan fingerprint density at radius 3 is 3.06 bits per heavy atom. The van der Waals surface area contributed by atoms with E-state index in [1.54, 1.807) is 6.92 Å². The van der Waals surface area contributed by atoms with E-state index in [1.807, 2.05) is 0 Å². The summed E-state index contributed by atoms with van der Waals surface area (Å²) < 4.78 is 4.86. The van der Waals surface area contributed by atoms with E-state index in [2.05, 4.69) is 25.3 Å². The van der Waals surface area contributed by atoms with Gasteiger partial charge in [-0.1, -0.05) is 11.6 Å². The lowest BCUT2D eigenvalue weighted by Crippen LogP contribution is -2.27. The monoisotopic (exact) mass is 255 g/mol. The minimum absolute atomic E-state index is 0.100. The number of anilines is 1. The summed E-state index contributed by atoms with van der Waals surface area (Å²) in [5.41, 5.74) is 0.926. The largest absolute Gasteiger partial charge is 0.372 e. The van der Waals surface area contributed by atoms with Gasteiger partial charge in [0.05, 0.1) is 6.33 Å². The summed E-state index contributed by atoms with van der Waals surface area (Å²) in [7, 11) is 1.44. The van der Waals surface area contributed by atoms with Crippen molar-refractivity contribution in [2.24, 2.45) is 0 Å². The van der Waals surface area contributed by atoms with Crippen LogP contribution in [-0.2, 0) is 9.53 Å². The van der Waals surface area contributed by atoms with Crippen molar-refractivity contribution in [2.75, 3.05) is 12.4 Å². The predicted octanol–water partition coefficient (Wildman–Crippen LogP) is 0.980. The van der Waals surface area contributed by atoms with Gasteiger partial charge in [-0.2, -0.15) is 9.97 Å². The zero-order valence-corrected chi connectivity index (χ0v) is 9.95. The Hall–Kier alpha value is -1.73. The maximum atomic E-state index is 11.5. The number of aromatic amines is 1. The molecule has 0 aliphatic rings. The number of carbonyl (C=O) groups excluding carboxylic acids is 1. The number of nitrogens with zero attached hydrogens (tertiary/aromatic N) is 3. The van der Waals surface area contributed by atoms with Crippen molar-refractivity contribution in [2.45, 2.75) is 13.0 Å². The second kappa shape index (κ2) is 4.64. The van der Waals surface area contributed by atoms with Gasteiger partial charge in [0.15, 0.2) is 10.8 Å². The van der Waals surface area contributed by atoms with Crippen LogP contribution in [0.4, 0.5) is 5.95 Å². The van der Waals surface area contributed by atoms with E-state index in [1.165, 1.54) is 13.4 Å². The van der Waals surface area contributed by atoms with Crippen LogP contribution in [0.3, 0.4) is 0 Å². The molecule has 0 aliphatic heterocycles. The van der Waals surface area contributed by atoms with Crippen LogP contribution in [0.1, 0.15) is 6.92 Å². The van der Waals surface area contributed by atoms with Crippen molar-refractivity contribution in [1.82, 2.24) is 19.9 Å². The number of ether oxygens (including phenoxy) is 1. The van der Waals surface area contributed by atoms with Crippen LogP contribution in [0, 0.1) is 0 Å². The average Bonchev–Trinajstić information content (AvgIpc) is 2.76. The predicted molar refractivity (Wildman–Crippen MR) is 61.8 cm³/mol. The molecule has 1 atom stereocenters. The molecule has 0 fully saturated rings. The number of nitrogens with one attached hydrogen (secondary N) is 2. The second-order valence-electron chi connectivity index (χ2n) is 3.31. The molecule has 0 aliphatic carbocycles. The summed E-state index contributed by atoms with van der Waals surface area (Å²) in [5.74, 6) is -0.248. The summed E-state index contributed by atoms with van der Waals surface area (Å²) >= 11 is 5.90. The molecule has 0 saturated carbocycles. The van der Waals surface area contributed by atoms with Crippen LogP contribution < -0.4 is 5.32 Å². The number of hydrogen-bond donors (Lipinski definition) is 2. The Bertz CT molecular complexity index is 555. The quantitative estimate of drug-likeness (QED) is 0.798. The van der Waals surface area contributed by atoms with Crippen molar-refractivity contribution in [3.05, 3.63) is 11.5 Å². The average molecular weight is 256 g/mol. The van der Waals surface area contributed by atoms with E-state index in [4.69, 9.17) is 16.3 Å². The third-order valence-electron chi connectivity index (χ3n) is 2.20. The number of rotatable bonds is 3. The van der Waals surface area contributed by atoms with E-state index in [-0.39, 0.29) is 17.0 Å². The van der Waals surface area contributed by atoms with E-state index in [0.717, 1.165) is 0 Å². The lowest BCUT2D eigenvalue weighted by molar-refractivity contribution is -0.124. The molecule has 0 spiro atoms. The molecule has 0 aromatic carbocycles. The lowest BCUT2D eigenvalue weighted by atomic mass is 10.4. The van der Waals surface area contributed by atoms with E-state index >= 15 is 0 Å². The Morgan fingerprint density at radius 1 is 1.59 bits per heavy atom. The molecule has 17 heavy (non-hydrogen) atoms. The molecule has 2 heterocycles. The minimum Gasteiger partial charge on any atom is -0.372 e. The van der Waals surface area contributed by atoms with E-state index in [0.29, 0.717) is 11.2 Å². The van der Waals surface area contributed by atoms with Crippen molar-refractivity contribution in [3.63, 3.8) is 0 Å². The summed E-state index contributed by atoms with van der Waals surface area (Å²) in [4.78, 5) is 26.2. The number of methoxy groups -OCH3 is 1. The first-order valence-corrected chi connectivity index (χ1v) is 5.20. The van der Waals surface area contributed by atoms with Crippen molar-refractivity contribution in [3.8, 4) is 0 Å². The van der Waals surface area contributed by atoms with Crippen LogP contribution in [0.25, 0.3) is 11.2 Å². The van der Waals surface area contributed by atoms with Crippen LogP contribution in [0.5, 0.6) is 0 Å². The zero-order valence-electron chi connectivity index (χ0n) is 9.19. The number of fused-ring (bicyclic) bond motifs is 1. The Morgan fingerprint density at radius 2 is 2.35 bits per heavy atom. The fraction of sp³-hybridized carbons (Fsp3) is 0.333. The normalized spacial score (nSPS) is 12.6. The Labute approximate surface area is 102 Å². The molecule has 2 aromatic rings. The van der Waals surface area contributed by atoms with Crippen molar-refractivity contribution >= 4 is 34.6 Å². The molecule has 0 bridgehead atoms. The minimum atomic E-state index is -0.591. The van der Waals surface area contributed by atoms with Gasteiger partial charge < -0.3 is 9.72 Å². The molecule has 2 rings (SSSR count). The number of carbonyl (C=O) groups is 1. The number of amides is 1. The topological polar surface area (TPSA) is 92.8 Å². The molecule has 2 N–H and O–H groups in total. The van der Waals surface area contributed by atoms with Gasteiger partial charge in [-0.15, -0.1) is 0 Å². The number of H-pyrrole nitrogens is 1. The summed E-state index contributed by atoms with van der Waals surface area (Å²) in [6.07, 6.45) is 0.862. The highest BCUT2D eigenvalue weighted by molar-refractivity contribution is 6.33. The summed E-state index contributed by atoms with van der Waals surface area (Å²) in [6, 6.07) is 0. The molecule has 1 unspecified atom stereocenters. The Balaban J connectivity index is 2.27. The summed E-state index contributed by atoms with van der Waals surface area (Å²) in [6.45, 7) is 1.62. The van der Waals surface area contributed by atoms with Gasteiger partial charge in [0, 0.05) is 7.11 Å². The molecular formula is C9H10ClN5O2. The van der Waals surface area contributed by atoms with Gasteiger partial charge in [0.2, 0.25) is 5.95 Å². The van der Waals surface area contributed by atoms with Gasteiger partial charge >= 0.3 is 0 Å². The third-order valence-corrected chi connectivity index (χ3v) is 2.47. The number of aromatic nitrogens is 4. The van der Waals surface area contributed by atoms with Crippen LogP contribution in [0.15, 0.2) is 6.33 Å². The number of halogens is 1.